The number of aromatic amines is 2. The highest BCUT2D eigenvalue weighted by Crippen LogP contribution is 2.33. The molecule has 1 aromatic carbocycles. The summed E-state index contributed by atoms with van der Waals surface area (Å²) in [7, 11) is 0. The Labute approximate surface area is 290 Å². The first-order valence-electron chi connectivity index (χ1n) is 17.3. The van der Waals surface area contributed by atoms with Crippen LogP contribution < -0.4 is 0 Å². The van der Waals surface area contributed by atoms with Crippen molar-refractivity contribution in [1.29, 1.82) is 0 Å². The molecule has 5 rings (SSSR count). The van der Waals surface area contributed by atoms with E-state index in [0.29, 0.717) is 18.9 Å². The van der Waals surface area contributed by atoms with Crippen molar-refractivity contribution in [1.82, 2.24) is 29.7 Å². The zero-order valence-corrected chi connectivity index (χ0v) is 30.1. The number of ether oxygens (including phenoxy) is 2. The number of nitrogens with one attached hydrogen (secondary N) is 2. The maximum Gasteiger partial charge on any atom is 0.410 e. The van der Waals surface area contributed by atoms with Crippen LogP contribution in [0.4, 0.5) is 9.59 Å². The predicted octanol–water partition coefficient (Wildman–Crippen LogP) is 8.59. The average molecular weight is 667 g/mol. The van der Waals surface area contributed by atoms with Crippen LogP contribution in [0.25, 0.3) is 16.8 Å². The molecule has 0 saturated carbocycles. The summed E-state index contributed by atoms with van der Waals surface area (Å²) < 4.78 is 11.3. The van der Waals surface area contributed by atoms with Gasteiger partial charge in [0.15, 0.2) is 0 Å². The second-order valence-electron chi connectivity index (χ2n) is 14.8. The van der Waals surface area contributed by atoms with Crippen molar-refractivity contribution in [2.45, 2.75) is 104 Å². The molecular weight excluding hydrogens is 616 g/mol. The van der Waals surface area contributed by atoms with Crippen molar-refractivity contribution in [2.75, 3.05) is 13.1 Å². The first-order valence-corrected chi connectivity index (χ1v) is 17.3. The number of hydrogen-bond donors (Lipinski definition) is 2. The van der Waals surface area contributed by atoms with Gasteiger partial charge in [0.2, 0.25) is 0 Å². The molecule has 2 aromatic heterocycles. The summed E-state index contributed by atoms with van der Waals surface area (Å²) in [6.07, 6.45) is 12.8. The molecule has 1 aliphatic heterocycles. The van der Waals surface area contributed by atoms with E-state index < -0.39 is 11.2 Å². The Hall–Kier alpha value is -4.78. The number of carbonyl (C=O) groups is 2. The zero-order valence-electron chi connectivity index (χ0n) is 30.1. The number of H-pyrrole nitrogens is 2. The van der Waals surface area contributed by atoms with Gasteiger partial charge in [0.05, 0.1) is 35.9 Å². The quantitative estimate of drug-likeness (QED) is 0.244. The van der Waals surface area contributed by atoms with Gasteiger partial charge in [0.1, 0.15) is 22.9 Å². The zero-order chi connectivity index (χ0) is 35.3. The van der Waals surface area contributed by atoms with Gasteiger partial charge in [-0.1, -0.05) is 49.1 Å². The average Bonchev–Trinajstić information content (AvgIpc) is 3.82. The minimum atomic E-state index is -0.566. The van der Waals surface area contributed by atoms with E-state index in [0.717, 1.165) is 59.6 Å². The topological polar surface area (TPSA) is 116 Å². The molecule has 0 spiro atoms. The molecule has 2 amide bonds. The summed E-state index contributed by atoms with van der Waals surface area (Å²) >= 11 is 0. The molecule has 10 nitrogen and oxygen atoms in total. The van der Waals surface area contributed by atoms with E-state index >= 15 is 0 Å². The molecule has 1 aliphatic carbocycles. The number of aromatic nitrogens is 4. The van der Waals surface area contributed by atoms with Gasteiger partial charge in [-0.3, -0.25) is 9.80 Å². The van der Waals surface area contributed by atoms with Gasteiger partial charge in [0, 0.05) is 24.6 Å². The van der Waals surface area contributed by atoms with Gasteiger partial charge in [-0.15, -0.1) is 0 Å². The van der Waals surface area contributed by atoms with Crippen LogP contribution in [0.1, 0.15) is 116 Å². The lowest BCUT2D eigenvalue weighted by molar-refractivity contribution is 0.0164. The SMILES string of the molecule is CCCN(C(=O)OC(C)(C)C)[C@@H](C)c1ncc(-c2ccc(C#CC3C=CC(c4cnc([C@@H]5CCCN5C(=O)OC(C)(C)C)[nH]4)=CC3)cc2)[nH]1. The number of likely N-dealkylation sites (tertiary alicyclic amines) is 1. The number of rotatable bonds is 7. The van der Waals surface area contributed by atoms with E-state index in [9.17, 15) is 9.59 Å². The Balaban J connectivity index is 1.17. The van der Waals surface area contributed by atoms with Crippen LogP contribution in [-0.4, -0.2) is 66.2 Å². The van der Waals surface area contributed by atoms with Gasteiger partial charge in [-0.05, 0) is 97.4 Å². The fourth-order valence-corrected chi connectivity index (χ4v) is 5.93. The van der Waals surface area contributed by atoms with Crippen molar-refractivity contribution in [3.05, 3.63) is 77.8 Å². The number of allylic oxidation sites excluding steroid dienone is 4. The van der Waals surface area contributed by atoms with Crippen LogP contribution in [0.3, 0.4) is 0 Å². The second-order valence-corrected chi connectivity index (χ2v) is 14.8. The third-order valence-corrected chi connectivity index (χ3v) is 8.35. The van der Waals surface area contributed by atoms with Crippen molar-refractivity contribution in [2.24, 2.45) is 5.92 Å². The number of amides is 2. The molecule has 2 aliphatic rings. The van der Waals surface area contributed by atoms with Crippen LogP contribution in [0.2, 0.25) is 0 Å². The highest BCUT2D eigenvalue weighted by atomic mass is 16.6. The van der Waals surface area contributed by atoms with Crippen molar-refractivity contribution in [3.8, 4) is 23.1 Å². The number of nitrogens with zero attached hydrogens (tertiary/aromatic N) is 4. The van der Waals surface area contributed by atoms with E-state index in [4.69, 9.17) is 9.47 Å². The maximum absolute atomic E-state index is 12.9. The molecule has 10 heteroatoms. The van der Waals surface area contributed by atoms with Crippen molar-refractivity contribution in [3.63, 3.8) is 0 Å². The number of carbonyl (C=O) groups excluding carboxylic acids is 2. The largest absolute Gasteiger partial charge is 0.444 e. The molecule has 1 fully saturated rings. The fraction of sp³-hybridized carbons (Fsp3) is 0.487. The third kappa shape index (κ3) is 9.23. The van der Waals surface area contributed by atoms with Crippen molar-refractivity contribution < 1.29 is 19.1 Å². The normalized spacial score (nSPS) is 18.4. The van der Waals surface area contributed by atoms with E-state index in [-0.39, 0.29) is 30.2 Å². The lowest BCUT2D eigenvalue weighted by Gasteiger charge is -2.30. The van der Waals surface area contributed by atoms with Crippen molar-refractivity contribution >= 4 is 17.8 Å². The number of benzene rings is 1. The van der Waals surface area contributed by atoms with Gasteiger partial charge in [-0.25, -0.2) is 19.6 Å². The second kappa shape index (κ2) is 14.8. The smallest absolute Gasteiger partial charge is 0.410 e. The predicted molar refractivity (Wildman–Crippen MR) is 191 cm³/mol. The Bertz CT molecular complexity index is 1740. The summed E-state index contributed by atoms with van der Waals surface area (Å²) in [5.74, 6) is 8.32. The van der Waals surface area contributed by atoms with Crippen LogP contribution in [-0.2, 0) is 9.47 Å². The highest BCUT2D eigenvalue weighted by molar-refractivity contribution is 5.73. The molecule has 2 N–H and O–H groups in total. The maximum atomic E-state index is 12.9. The summed E-state index contributed by atoms with van der Waals surface area (Å²) in [4.78, 5) is 45.2. The summed E-state index contributed by atoms with van der Waals surface area (Å²) in [6.45, 7) is 16.5. The summed E-state index contributed by atoms with van der Waals surface area (Å²) in [5, 5.41) is 0. The minimum Gasteiger partial charge on any atom is -0.444 e. The number of hydrogen-bond acceptors (Lipinski definition) is 6. The Morgan fingerprint density at radius 3 is 2.39 bits per heavy atom. The Morgan fingerprint density at radius 1 is 1.02 bits per heavy atom. The van der Waals surface area contributed by atoms with Gasteiger partial charge >= 0.3 is 12.2 Å². The lowest BCUT2D eigenvalue weighted by Crippen LogP contribution is -2.39. The summed E-state index contributed by atoms with van der Waals surface area (Å²) in [5.41, 5.74) is 3.71. The molecule has 1 unspecified atom stereocenters. The highest BCUT2D eigenvalue weighted by Gasteiger charge is 2.35. The molecule has 260 valence electrons. The van der Waals surface area contributed by atoms with E-state index in [1.807, 2.05) is 85.9 Å². The lowest BCUT2D eigenvalue weighted by atomic mass is 9.95. The first kappa shape index (κ1) is 35.5. The van der Waals surface area contributed by atoms with Gasteiger partial charge in [0.25, 0.3) is 0 Å². The Kier molecular flexibility index (Phi) is 10.7. The molecule has 3 heterocycles. The fourth-order valence-electron chi connectivity index (χ4n) is 5.93. The molecule has 0 radical (unpaired) electrons. The minimum absolute atomic E-state index is 0.107. The monoisotopic (exact) mass is 666 g/mol. The van der Waals surface area contributed by atoms with Gasteiger partial charge in [-0.2, -0.15) is 0 Å². The van der Waals surface area contributed by atoms with Crippen LogP contribution in [0, 0.1) is 17.8 Å². The molecule has 1 saturated heterocycles. The molecule has 3 aromatic rings. The van der Waals surface area contributed by atoms with Gasteiger partial charge < -0.3 is 19.4 Å². The molecule has 0 bridgehead atoms. The third-order valence-electron chi connectivity index (χ3n) is 8.35. The molecule has 3 atom stereocenters. The standard InChI is InChI=1S/C39H50N6O4/c1-9-22-44(36(46)48-38(3,4)5)26(2)34-40-24-31(42-34)29-18-14-27(15-19-29)12-13-28-16-20-30(21-17-28)32-25-41-35(43-32)33-11-10-23-45(33)37(47)49-39(6,7)8/h14-16,18-21,24-26,28,33H,9-11,17,22-23H2,1-8H3,(H,40,42)(H,41,43)/t26-,28?,33-/m0/s1. The molecular formula is C39H50N6O4. The van der Waals surface area contributed by atoms with Crippen LogP contribution >= 0.6 is 0 Å². The van der Waals surface area contributed by atoms with Crippen LogP contribution in [0.15, 0.2) is 54.9 Å². The van der Waals surface area contributed by atoms with E-state index in [1.54, 1.807) is 16.0 Å². The van der Waals surface area contributed by atoms with E-state index in [1.165, 1.54) is 0 Å². The van der Waals surface area contributed by atoms with Crippen LogP contribution in [0.5, 0.6) is 0 Å². The summed E-state index contributed by atoms with van der Waals surface area (Å²) in [6, 6.07) is 7.72. The Morgan fingerprint density at radius 2 is 1.73 bits per heavy atom. The number of imidazole rings is 2. The first-order chi connectivity index (χ1) is 23.2. The molecule has 49 heavy (non-hydrogen) atoms. The van der Waals surface area contributed by atoms with E-state index in [2.05, 4.69) is 50.0 Å².